The van der Waals surface area contributed by atoms with E-state index in [1.54, 1.807) is 0 Å². The maximum Gasteiger partial charge on any atom is 0.0578 e. The summed E-state index contributed by atoms with van der Waals surface area (Å²) in [6.45, 7) is 9.60. The summed E-state index contributed by atoms with van der Waals surface area (Å²) in [5.74, 6) is 1.05. The van der Waals surface area contributed by atoms with Crippen LogP contribution in [0, 0.1) is 11.8 Å². The van der Waals surface area contributed by atoms with Gasteiger partial charge in [0, 0.05) is 25.7 Å². The van der Waals surface area contributed by atoms with Gasteiger partial charge in [-0.05, 0) is 24.7 Å². The van der Waals surface area contributed by atoms with Crippen LogP contribution in [-0.4, -0.2) is 41.8 Å². The molecule has 0 saturated carbocycles. The summed E-state index contributed by atoms with van der Waals surface area (Å²) in [6, 6.07) is 0.240. The number of rotatable bonds is 4. The van der Waals surface area contributed by atoms with Crippen molar-refractivity contribution in [3.63, 3.8) is 0 Å². The molecule has 90 valence electrons. The summed E-state index contributed by atoms with van der Waals surface area (Å²) in [5, 5.41) is 9.87. The maximum atomic E-state index is 9.87. The second-order valence-corrected chi connectivity index (χ2v) is 5.34. The lowest BCUT2D eigenvalue weighted by atomic mass is 9.88. The summed E-state index contributed by atoms with van der Waals surface area (Å²) < 4.78 is 0. The normalized spacial score (nSPS) is 30.8. The summed E-state index contributed by atoms with van der Waals surface area (Å²) in [4.78, 5) is 2.41. The molecule has 1 aliphatic rings. The Labute approximate surface area is 93.6 Å². The number of nitrogens with zero attached hydrogens (tertiary/aromatic N) is 1. The van der Waals surface area contributed by atoms with Gasteiger partial charge in [0.25, 0.3) is 0 Å². The van der Waals surface area contributed by atoms with Crippen LogP contribution in [0.2, 0.25) is 0 Å². The zero-order valence-corrected chi connectivity index (χ0v) is 10.3. The molecule has 15 heavy (non-hydrogen) atoms. The third kappa shape index (κ3) is 4.09. The van der Waals surface area contributed by atoms with E-state index in [0.29, 0.717) is 11.8 Å². The molecule has 0 amide bonds. The molecule has 3 N–H and O–H groups in total. The molecule has 0 spiro atoms. The van der Waals surface area contributed by atoms with E-state index in [4.69, 9.17) is 5.73 Å². The van der Waals surface area contributed by atoms with E-state index in [1.165, 1.54) is 0 Å². The van der Waals surface area contributed by atoms with Gasteiger partial charge in [-0.25, -0.2) is 0 Å². The van der Waals surface area contributed by atoms with Gasteiger partial charge in [-0.2, -0.15) is 0 Å². The molecule has 1 fully saturated rings. The van der Waals surface area contributed by atoms with Crippen LogP contribution in [0.1, 0.15) is 33.6 Å². The molecule has 1 saturated heterocycles. The van der Waals surface area contributed by atoms with Crippen LogP contribution in [0.5, 0.6) is 0 Å². The van der Waals surface area contributed by atoms with Gasteiger partial charge in [0.2, 0.25) is 0 Å². The van der Waals surface area contributed by atoms with E-state index in [0.717, 1.165) is 32.5 Å². The summed E-state index contributed by atoms with van der Waals surface area (Å²) in [6.07, 6.45) is 1.64. The number of likely N-dealkylation sites (tertiary alicyclic amines) is 1. The third-order valence-corrected chi connectivity index (χ3v) is 3.18. The van der Waals surface area contributed by atoms with Gasteiger partial charge in [0.1, 0.15) is 0 Å². The standard InChI is InChI=1S/C12H26N2O/c1-4-12(15)10-5-11(13)8-14(7-10)6-9(2)3/h9-12,15H,4-8,13H2,1-3H3. The molecule has 3 unspecified atom stereocenters. The largest absolute Gasteiger partial charge is 0.393 e. The number of hydrogen-bond donors (Lipinski definition) is 2. The zero-order valence-electron chi connectivity index (χ0n) is 10.3. The molecule has 0 bridgehead atoms. The Morgan fingerprint density at radius 2 is 2.07 bits per heavy atom. The van der Waals surface area contributed by atoms with E-state index in [1.807, 2.05) is 6.92 Å². The van der Waals surface area contributed by atoms with Gasteiger partial charge in [0.15, 0.2) is 0 Å². The first-order valence-electron chi connectivity index (χ1n) is 6.18. The van der Waals surface area contributed by atoms with Crippen LogP contribution < -0.4 is 5.73 Å². The molecule has 1 heterocycles. The highest BCUT2D eigenvalue weighted by molar-refractivity contribution is 4.84. The Balaban J connectivity index is 2.48. The fourth-order valence-corrected chi connectivity index (χ4v) is 2.55. The minimum atomic E-state index is -0.175. The molecule has 0 aliphatic carbocycles. The van der Waals surface area contributed by atoms with Crippen molar-refractivity contribution in [2.75, 3.05) is 19.6 Å². The van der Waals surface area contributed by atoms with Gasteiger partial charge in [-0.15, -0.1) is 0 Å². The van der Waals surface area contributed by atoms with Gasteiger partial charge in [-0.3, -0.25) is 0 Å². The third-order valence-electron chi connectivity index (χ3n) is 3.18. The number of nitrogens with two attached hydrogens (primary N) is 1. The van der Waals surface area contributed by atoms with E-state index in [2.05, 4.69) is 18.7 Å². The lowest BCUT2D eigenvalue weighted by Crippen LogP contribution is -2.50. The smallest absolute Gasteiger partial charge is 0.0578 e. The van der Waals surface area contributed by atoms with Crippen molar-refractivity contribution in [3.8, 4) is 0 Å². The number of aliphatic hydroxyl groups is 1. The van der Waals surface area contributed by atoms with Crippen LogP contribution in [0.25, 0.3) is 0 Å². The van der Waals surface area contributed by atoms with Crippen LogP contribution >= 0.6 is 0 Å². The molecule has 1 aliphatic heterocycles. The fraction of sp³-hybridized carbons (Fsp3) is 1.00. The van der Waals surface area contributed by atoms with Gasteiger partial charge < -0.3 is 15.7 Å². The average molecular weight is 214 g/mol. The highest BCUT2D eigenvalue weighted by atomic mass is 16.3. The minimum Gasteiger partial charge on any atom is -0.393 e. The number of hydrogen-bond acceptors (Lipinski definition) is 3. The van der Waals surface area contributed by atoms with Gasteiger partial charge >= 0.3 is 0 Å². The lowest BCUT2D eigenvalue weighted by Gasteiger charge is -2.38. The molecule has 0 radical (unpaired) electrons. The summed E-state index contributed by atoms with van der Waals surface area (Å²) in [7, 11) is 0. The predicted molar refractivity (Wildman–Crippen MR) is 63.7 cm³/mol. The SMILES string of the molecule is CCC(O)C1CC(N)CN(CC(C)C)C1. The van der Waals surface area contributed by atoms with Crippen molar-refractivity contribution in [2.24, 2.45) is 17.6 Å². The van der Waals surface area contributed by atoms with Crippen LogP contribution in [0.15, 0.2) is 0 Å². The predicted octanol–water partition coefficient (Wildman–Crippen LogP) is 1.06. The summed E-state index contributed by atoms with van der Waals surface area (Å²) in [5.41, 5.74) is 6.03. The van der Waals surface area contributed by atoms with Crippen molar-refractivity contribution in [1.29, 1.82) is 0 Å². The Bertz CT molecular complexity index is 182. The highest BCUT2D eigenvalue weighted by Gasteiger charge is 2.29. The van der Waals surface area contributed by atoms with Crippen molar-refractivity contribution >= 4 is 0 Å². The van der Waals surface area contributed by atoms with E-state index < -0.39 is 0 Å². The molecule has 0 aromatic carbocycles. The second-order valence-electron chi connectivity index (χ2n) is 5.34. The molecule has 3 nitrogen and oxygen atoms in total. The van der Waals surface area contributed by atoms with Crippen molar-refractivity contribution < 1.29 is 5.11 Å². The Morgan fingerprint density at radius 3 is 2.60 bits per heavy atom. The van der Waals surface area contributed by atoms with Gasteiger partial charge in [0.05, 0.1) is 6.10 Å². The minimum absolute atomic E-state index is 0.175. The van der Waals surface area contributed by atoms with Crippen LogP contribution in [0.4, 0.5) is 0 Å². The van der Waals surface area contributed by atoms with Gasteiger partial charge in [-0.1, -0.05) is 20.8 Å². The van der Waals surface area contributed by atoms with Crippen molar-refractivity contribution in [2.45, 2.75) is 45.8 Å². The molecule has 1 rings (SSSR count). The molecule has 0 aromatic rings. The zero-order chi connectivity index (χ0) is 11.4. The van der Waals surface area contributed by atoms with Crippen LogP contribution in [0.3, 0.4) is 0 Å². The van der Waals surface area contributed by atoms with Crippen molar-refractivity contribution in [1.82, 2.24) is 4.90 Å². The molecule has 0 aromatic heterocycles. The number of aliphatic hydroxyl groups excluding tert-OH is 1. The highest BCUT2D eigenvalue weighted by Crippen LogP contribution is 2.21. The summed E-state index contributed by atoms with van der Waals surface area (Å²) >= 11 is 0. The Kier molecular flexibility index (Phi) is 5.03. The Hall–Kier alpha value is -0.120. The quantitative estimate of drug-likeness (QED) is 0.736. The molecule has 3 atom stereocenters. The first-order chi connectivity index (χ1) is 7.02. The maximum absolute atomic E-state index is 9.87. The number of piperidine rings is 1. The topological polar surface area (TPSA) is 49.5 Å². The first-order valence-corrected chi connectivity index (χ1v) is 6.18. The van der Waals surface area contributed by atoms with Crippen LogP contribution in [-0.2, 0) is 0 Å². The monoisotopic (exact) mass is 214 g/mol. The molecular formula is C12H26N2O. The second kappa shape index (κ2) is 5.83. The Morgan fingerprint density at radius 1 is 1.40 bits per heavy atom. The molecule has 3 heteroatoms. The van der Waals surface area contributed by atoms with E-state index in [9.17, 15) is 5.11 Å². The fourth-order valence-electron chi connectivity index (χ4n) is 2.55. The molecular weight excluding hydrogens is 188 g/mol. The average Bonchev–Trinajstić information content (AvgIpc) is 2.14. The lowest BCUT2D eigenvalue weighted by molar-refractivity contribution is 0.0377. The van der Waals surface area contributed by atoms with Crippen molar-refractivity contribution in [3.05, 3.63) is 0 Å². The van der Waals surface area contributed by atoms with E-state index in [-0.39, 0.29) is 12.1 Å². The first kappa shape index (κ1) is 12.9. The van der Waals surface area contributed by atoms with E-state index >= 15 is 0 Å².